The summed E-state index contributed by atoms with van der Waals surface area (Å²) >= 11 is 0. The standard InChI is InChI=1S/C22H27N5O.HI/c1-23-22(24-13-17-8-7-9-18(12-17)15-27(2)3)25-14-20-16-28-21(26-20)19-10-5-4-6-11-19;/h4-12,16H,13-15H2,1-3H3,(H2,23,24,25);1H. The zero-order valence-corrected chi connectivity index (χ0v) is 19.4. The molecule has 0 aliphatic carbocycles. The first-order valence-electron chi connectivity index (χ1n) is 9.31. The maximum atomic E-state index is 5.58. The van der Waals surface area contributed by atoms with Crippen molar-refractivity contribution >= 4 is 29.9 Å². The van der Waals surface area contributed by atoms with Crippen molar-refractivity contribution in [2.24, 2.45) is 4.99 Å². The Hall–Kier alpha value is -2.39. The van der Waals surface area contributed by atoms with Crippen molar-refractivity contribution in [1.82, 2.24) is 20.5 Å². The van der Waals surface area contributed by atoms with Crippen LogP contribution in [0.15, 0.2) is 70.3 Å². The Balaban J connectivity index is 0.00000300. The maximum Gasteiger partial charge on any atom is 0.226 e. The van der Waals surface area contributed by atoms with Crippen LogP contribution >= 0.6 is 24.0 Å². The lowest BCUT2D eigenvalue weighted by atomic mass is 10.1. The van der Waals surface area contributed by atoms with Crippen LogP contribution in [-0.2, 0) is 19.6 Å². The molecule has 2 aromatic carbocycles. The molecule has 0 amide bonds. The van der Waals surface area contributed by atoms with Gasteiger partial charge in [-0.25, -0.2) is 4.98 Å². The number of aliphatic imine (C=N–C) groups is 1. The highest BCUT2D eigenvalue weighted by molar-refractivity contribution is 14.0. The van der Waals surface area contributed by atoms with Gasteiger partial charge in [-0.05, 0) is 37.4 Å². The average molecular weight is 505 g/mol. The third kappa shape index (κ3) is 7.17. The number of nitrogens with zero attached hydrogens (tertiary/aromatic N) is 3. The first kappa shape index (κ1) is 22.9. The number of nitrogens with one attached hydrogen (secondary N) is 2. The summed E-state index contributed by atoms with van der Waals surface area (Å²) in [6, 6.07) is 18.4. The van der Waals surface area contributed by atoms with E-state index in [4.69, 9.17) is 4.42 Å². The first-order valence-corrected chi connectivity index (χ1v) is 9.31. The molecule has 0 bridgehead atoms. The van der Waals surface area contributed by atoms with Crippen LogP contribution in [0.5, 0.6) is 0 Å². The third-order valence-corrected chi connectivity index (χ3v) is 4.18. The summed E-state index contributed by atoms with van der Waals surface area (Å²) in [7, 11) is 5.91. The van der Waals surface area contributed by atoms with Gasteiger partial charge in [0.25, 0.3) is 0 Å². The number of aromatic nitrogens is 1. The lowest BCUT2D eigenvalue weighted by molar-refractivity contribution is 0.402. The normalized spacial score (nSPS) is 11.2. The molecule has 0 aliphatic heterocycles. The van der Waals surface area contributed by atoms with Gasteiger partial charge in [0.05, 0.1) is 12.2 Å². The Kier molecular flexibility index (Phi) is 9.14. The molecule has 154 valence electrons. The predicted octanol–water partition coefficient (Wildman–Crippen LogP) is 3.89. The van der Waals surface area contributed by atoms with Crippen molar-refractivity contribution in [3.8, 4) is 11.5 Å². The Bertz CT molecular complexity index is 908. The Labute approximate surface area is 189 Å². The smallest absolute Gasteiger partial charge is 0.226 e. The zero-order valence-electron chi connectivity index (χ0n) is 17.1. The van der Waals surface area contributed by atoms with Crippen LogP contribution in [0.4, 0.5) is 0 Å². The SMILES string of the molecule is CN=C(NCc1cccc(CN(C)C)c1)NCc1coc(-c2ccccc2)n1.I. The molecule has 0 saturated heterocycles. The van der Waals surface area contributed by atoms with Gasteiger partial charge in [0, 0.05) is 25.7 Å². The van der Waals surface area contributed by atoms with E-state index in [1.807, 2.05) is 30.3 Å². The highest BCUT2D eigenvalue weighted by atomic mass is 127. The van der Waals surface area contributed by atoms with E-state index < -0.39 is 0 Å². The number of rotatable bonds is 7. The quantitative estimate of drug-likeness (QED) is 0.290. The number of guanidine groups is 1. The minimum absolute atomic E-state index is 0. The molecule has 3 rings (SSSR count). The van der Waals surface area contributed by atoms with Crippen LogP contribution in [0.25, 0.3) is 11.5 Å². The number of hydrogen-bond donors (Lipinski definition) is 2. The molecule has 0 atom stereocenters. The van der Waals surface area contributed by atoms with Crippen LogP contribution in [0.3, 0.4) is 0 Å². The van der Waals surface area contributed by atoms with Gasteiger partial charge >= 0.3 is 0 Å². The number of halogens is 1. The number of oxazole rings is 1. The van der Waals surface area contributed by atoms with Crippen LogP contribution in [0.2, 0.25) is 0 Å². The van der Waals surface area contributed by atoms with E-state index >= 15 is 0 Å². The summed E-state index contributed by atoms with van der Waals surface area (Å²) in [5, 5.41) is 6.62. The van der Waals surface area contributed by atoms with Gasteiger partial charge in [-0.15, -0.1) is 24.0 Å². The molecule has 0 radical (unpaired) electrons. The predicted molar refractivity (Wildman–Crippen MR) is 128 cm³/mol. The summed E-state index contributed by atoms with van der Waals surface area (Å²) in [5.41, 5.74) is 4.31. The van der Waals surface area contributed by atoms with Gasteiger partial charge in [-0.2, -0.15) is 0 Å². The molecule has 6 nitrogen and oxygen atoms in total. The van der Waals surface area contributed by atoms with Gasteiger partial charge in [-0.3, -0.25) is 4.99 Å². The second-order valence-electron chi connectivity index (χ2n) is 6.85. The van der Waals surface area contributed by atoms with E-state index in [1.165, 1.54) is 11.1 Å². The van der Waals surface area contributed by atoms with E-state index in [-0.39, 0.29) is 24.0 Å². The van der Waals surface area contributed by atoms with Crippen molar-refractivity contribution in [1.29, 1.82) is 0 Å². The van der Waals surface area contributed by atoms with Crippen LogP contribution in [0.1, 0.15) is 16.8 Å². The molecular formula is C22H28IN5O. The second-order valence-corrected chi connectivity index (χ2v) is 6.85. The third-order valence-electron chi connectivity index (χ3n) is 4.18. The molecule has 1 aromatic heterocycles. The van der Waals surface area contributed by atoms with Gasteiger partial charge in [0.15, 0.2) is 5.96 Å². The monoisotopic (exact) mass is 505 g/mol. The molecule has 1 heterocycles. The molecule has 0 spiro atoms. The van der Waals surface area contributed by atoms with E-state index in [9.17, 15) is 0 Å². The van der Waals surface area contributed by atoms with E-state index in [1.54, 1.807) is 13.3 Å². The first-order chi connectivity index (χ1) is 13.6. The average Bonchev–Trinajstić information content (AvgIpc) is 3.18. The fourth-order valence-electron chi connectivity index (χ4n) is 2.89. The highest BCUT2D eigenvalue weighted by Crippen LogP contribution is 2.17. The summed E-state index contributed by atoms with van der Waals surface area (Å²) in [4.78, 5) is 11.0. The van der Waals surface area contributed by atoms with Gasteiger partial charge < -0.3 is 20.0 Å². The molecule has 3 aromatic rings. The summed E-state index contributed by atoms with van der Waals surface area (Å²) < 4.78 is 5.58. The lowest BCUT2D eigenvalue weighted by Gasteiger charge is -2.13. The van der Waals surface area contributed by atoms with E-state index in [0.29, 0.717) is 19.0 Å². The second kappa shape index (κ2) is 11.6. The minimum Gasteiger partial charge on any atom is -0.444 e. The fourth-order valence-corrected chi connectivity index (χ4v) is 2.89. The molecule has 29 heavy (non-hydrogen) atoms. The molecule has 7 heteroatoms. The van der Waals surface area contributed by atoms with E-state index in [2.05, 4.69) is 63.9 Å². The van der Waals surface area contributed by atoms with E-state index in [0.717, 1.165) is 23.8 Å². The lowest BCUT2D eigenvalue weighted by Crippen LogP contribution is -2.36. The minimum atomic E-state index is 0. The number of benzene rings is 2. The van der Waals surface area contributed by atoms with Gasteiger partial charge in [-0.1, -0.05) is 42.5 Å². The van der Waals surface area contributed by atoms with Crippen molar-refractivity contribution < 1.29 is 4.42 Å². The summed E-state index contributed by atoms with van der Waals surface area (Å²) in [5.74, 6) is 1.35. The van der Waals surface area contributed by atoms with Crippen LogP contribution < -0.4 is 10.6 Å². The van der Waals surface area contributed by atoms with Gasteiger partial charge in [0.2, 0.25) is 5.89 Å². The highest BCUT2D eigenvalue weighted by Gasteiger charge is 2.07. The van der Waals surface area contributed by atoms with Crippen LogP contribution in [-0.4, -0.2) is 37.0 Å². The molecule has 0 fully saturated rings. The fraction of sp³-hybridized carbons (Fsp3) is 0.273. The molecule has 2 N–H and O–H groups in total. The van der Waals surface area contributed by atoms with Crippen molar-refractivity contribution in [3.63, 3.8) is 0 Å². The Morgan fingerprint density at radius 3 is 2.45 bits per heavy atom. The number of hydrogen-bond acceptors (Lipinski definition) is 4. The van der Waals surface area contributed by atoms with Crippen LogP contribution in [0, 0.1) is 0 Å². The summed E-state index contributed by atoms with van der Waals surface area (Å²) in [6.45, 7) is 2.17. The molecule has 0 saturated carbocycles. The molecule has 0 unspecified atom stereocenters. The topological polar surface area (TPSA) is 65.7 Å². The Morgan fingerprint density at radius 1 is 1.00 bits per heavy atom. The molecule has 0 aliphatic rings. The van der Waals surface area contributed by atoms with Gasteiger partial charge in [0.1, 0.15) is 6.26 Å². The summed E-state index contributed by atoms with van der Waals surface area (Å²) in [6.07, 6.45) is 1.67. The zero-order chi connectivity index (χ0) is 19.8. The maximum absolute atomic E-state index is 5.58. The molecular weight excluding hydrogens is 477 g/mol. The Morgan fingerprint density at radius 2 is 1.72 bits per heavy atom. The largest absolute Gasteiger partial charge is 0.444 e. The van der Waals surface area contributed by atoms with Crippen molar-refractivity contribution in [3.05, 3.63) is 77.7 Å². The van der Waals surface area contributed by atoms with Crippen molar-refractivity contribution in [2.45, 2.75) is 19.6 Å². The van der Waals surface area contributed by atoms with Crippen molar-refractivity contribution in [2.75, 3.05) is 21.1 Å².